The van der Waals surface area contributed by atoms with Gasteiger partial charge in [0.15, 0.2) is 0 Å². The SMILES string of the molecule is Cc1cc(N)ccc1C=CCCNC(=O)OC(C)(C)C. The number of benzene rings is 1. The average molecular weight is 276 g/mol. The Balaban J connectivity index is 2.34. The van der Waals surface area contributed by atoms with Gasteiger partial charge in [0, 0.05) is 12.2 Å². The minimum absolute atomic E-state index is 0.380. The van der Waals surface area contributed by atoms with E-state index in [1.807, 2.05) is 58.0 Å². The van der Waals surface area contributed by atoms with Gasteiger partial charge >= 0.3 is 6.09 Å². The zero-order chi connectivity index (χ0) is 15.2. The molecule has 1 aromatic carbocycles. The molecule has 0 fully saturated rings. The number of amides is 1. The second kappa shape index (κ2) is 6.98. The van der Waals surface area contributed by atoms with E-state index in [0.717, 1.165) is 23.2 Å². The molecule has 0 atom stereocenters. The molecule has 0 unspecified atom stereocenters. The molecule has 0 spiro atoms. The molecule has 3 N–H and O–H groups in total. The fraction of sp³-hybridized carbons (Fsp3) is 0.438. The van der Waals surface area contributed by atoms with Crippen LogP contribution in [-0.2, 0) is 4.74 Å². The van der Waals surface area contributed by atoms with Crippen molar-refractivity contribution in [3.8, 4) is 0 Å². The van der Waals surface area contributed by atoms with Crippen LogP contribution in [0, 0.1) is 6.92 Å². The highest BCUT2D eigenvalue weighted by Gasteiger charge is 2.15. The summed E-state index contributed by atoms with van der Waals surface area (Å²) in [4.78, 5) is 11.4. The molecule has 0 aliphatic heterocycles. The van der Waals surface area contributed by atoms with Crippen molar-refractivity contribution in [3.05, 3.63) is 35.4 Å². The van der Waals surface area contributed by atoms with Crippen molar-refractivity contribution in [2.75, 3.05) is 12.3 Å². The average Bonchev–Trinajstić information content (AvgIpc) is 2.28. The van der Waals surface area contributed by atoms with Crippen LogP contribution in [0.2, 0.25) is 0 Å². The number of rotatable bonds is 4. The van der Waals surface area contributed by atoms with Gasteiger partial charge in [-0.25, -0.2) is 4.79 Å². The molecule has 110 valence electrons. The third-order valence-corrected chi connectivity index (χ3v) is 2.57. The summed E-state index contributed by atoms with van der Waals surface area (Å²) in [7, 11) is 0. The van der Waals surface area contributed by atoms with Gasteiger partial charge in [-0.3, -0.25) is 0 Å². The number of hydrogen-bond donors (Lipinski definition) is 2. The van der Waals surface area contributed by atoms with Gasteiger partial charge in [0.25, 0.3) is 0 Å². The van der Waals surface area contributed by atoms with Crippen LogP contribution in [0.1, 0.15) is 38.3 Å². The van der Waals surface area contributed by atoms with E-state index in [2.05, 4.69) is 5.32 Å². The molecule has 20 heavy (non-hydrogen) atoms. The molecular weight excluding hydrogens is 252 g/mol. The van der Waals surface area contributed by atoms with E-state index in [1.165, 1.54) is 0 Å². The lowest BCUT2D eigenvalue weighted by molar-refractivity contribution is 0.0529. The van der Waals surface area contributed by atoms with Crippen LogP contribution in [0.15, 0.2) is 24.3 Å². The largest absolute Gasteiger partial charge is 0.444 e. The Hall–Kier alpha value is -1.97. The fourth-order valence-corrected chi connectivity index (χ4v) is 1.67. The molecule has 0 saturated carbocycles. The Morgan fingerprint density at radius 3 is 2.70 bits per heavy atom. The van der Waals surface area contributed by atoms with Crippen LogP contribution in [0.4, 0.5) is 10.5 Å². The second-order valence-electron chi connectivity index (χ2n) is 5.74. The summed E-state index contributed by atoms with van der Waals surface area (Å²) < 4.78 is 5.15. The Bertz CT molecular complexity index is 488. The van der Waals surface area contributed by atoms with E-state index in [0.29, 0.717) is 6.54 Å². The van der Waals surface area contributed by atoms with Gasteiger partial charge in [0.2, 0.25) is 0 Å². The summed E-state index contributed by atoms with van der Waals surface area (Å²) in [5, 5.41) is 2.72. The van der Waals surface area contributed by atoms with E-state index >= 15 is 0 Å². The summed E-state index contributed by atoms with van der Waals surface area (Å²) >= 11 is 0. The topological polar surface area (TPSA) is 64.3 Å². The van der Waals surface area contributed by atoms with Gasteiger partial charge < -0.3 is 15.8 Å². The van der Waals surface area contributed by atoms with Crippen LogP contribution >= 0.6 is 0 Å². The molecule has 0 heterocycles. The molecule has 0 radical (unpaired) electrons. The molecule has 0 saturated heterocycles. The zero-order valence-electron chi connectivity index (χ0n) is 12.7. The van der Waals surface area contributed by atoms with E-state index < -0.39 is 5.60 Å². The molecule has 0 aliphatic rings. The number of carbonyl (C=O) groups is 1. The Labute approximate surface area is 121 Å². The van der Waals surface area contributed by atoms with Crippen LogP contribution in [0.25, 0.3) is 6.08 Å². The first-order chi connectivity index (χ1) is 9.28. The highest BCUT2D eigenvalue weighted by Crippen LogP contribution is 2.14. The summed E-state index contributed by atoms with van der Waals surface area (Å²) in [6, 6.07) is 5.81. The molecule has 4 heteroatoms. The van der Waals surface area contributed by atoms with Gasteiger partial charge in [-0.1, -0.05) is 18.2 Å². The summed E-state index contributed by atoms with van der Waals surface area (Å²) in [5.74, 6) is 0. The minimum atomic E-state index is -0.457. The van der Waals surface area contributed by atoms with E-state index in [4.69, 9.17) is 10.5 Å². The summed E-state index contributed by atoms with van der Waals surface area (Å²) in [5.41, 5.74) is 8.29. The standard InChI is InChI=1S/C16H24N2O2/c1-12-11-14(17)9-8-13(12)7-5-6-10-18-15(19)20-16(2,3)4/h5,7-9,11H,6,10,17H2,1-4H3,(H,18,19). The predicted molar refractivity (Wildman–Crippen MR) is 83.5 cm³/mol. The number of nitrogen functional groups attached to an aromatic ring is 1. The molecule has 0 aliphatic carbocycles. The molecule has 1 rings (SSSR count). The first-order valence-corrected chi connectivity index (χ1v) is 6.77. The molecular formula is C16H24N2O2. The number of alkyl carbamates (subject to hydrolysis) is 1. The van der Waals surface area contributed by atoms with Crippen molar-refractivity contribution in [1.29, 1.82) is 0 Å². The summed E-state index contributed by atoms with van der Waals surface area (Å²) in [6.07, 6.45) is 4.43. The fourth-order valence-electron chi connectivity index (χ4n) is 1.67. The van der Waals surface area contributed by atoms with E-state index in [-0.39, 0.29) is 6.09 Å². The second-order valence-corrected chi connectivity index (χ2v) is 5.74. The number of aryl methyl sites for hydroxylation is 1. The van der Waals surface area contributed by atoms with E-state index in [1.54, 1.807) is 0 Å². The summed E-state index contributed by atoms with van der Waals surface area (Å²) in [6.45, 7) is 8.11. The van der Waals surface area contributed by atoms with Crippen molar-refractivity contribution in [2.45, 2.75) is 39.7 Å². The molecule has 1 amide bonds. The van der Waals surface area contributed by atoms with Crippen LogP contribution in [0.3, 0.4) is 0 Å². The first kappa shape index (κ1) is 16.1. The predicted octanol–water partition coefficient (Wildman–Crippen LogP) is 3.51. The number of anilines is 1. The first-order valence-electron chi connectivity index (χ1n) is 6.77. The van der Waals surface area contributed by atoms with Crippen molar-refractivity contribution < 1.29 is 9.53 Å². The maximum atomic E-state index is 11.4. The number of ether oxygens (including phenoxy) is 1. The molecule has 1 aromatic rings. The third kappa shape index (κ3) is 6.27. The lowest BCUT2D eigenvalue weighted by Gasteiger charge is -2.19. The number of nitrogens with one attached hydrogen (secondary N) is 1. The van der Waals surface area contributed by atoms with Gasteiger partial charge in [-0.15, -0.1) is 0 Å². The zero-order valence-corrected chi connectivity index (χ0v) is 12.7. The quantitative estimate of drug-likeness (QED) is 0.653. The van der Waals surface area contributed by atoms with Crippen molar-refractivity contribution in [3.63, 3.8) is 0 Å². The monoisotopic (exact) mass is 276 g/mol. The van der Waals surface area contributed by atoms with Gasteiger partial charge in [0.1, 0.15) is 5.60 Å². The minimum Gasteiger partial charge on any atom is -0.444 e. The molecule has 0 bridgehead atoms. The maximum Gasteiger partial charge on any atom is 0.407 e. The molecule has 0 aromatic heterocycles. The van der Waals surface area contributed by atoms with Gasteiger partial charge in [0.05, 0.1) is 0 Å². The highest BCUT2D eigenvalue weighted by atomic mass is 16.6. The van der Waals surface area contributed by atoms with Crippen molar-refractivity contribution in [2.24, 2.45) is 0 Å². The van der Waals surface area contributed by atoms with E-state index in [9.17, 15) is 4.79 Å². The van der Waals surface area contributed by atoms with Crippen LogP contribution < -0.4 is 11.1 Å². The maximum absolute atomic E-state index is 11.4. The normalized spacial score (nSPS) is 11.6. The number of hydrogen-bond acceptors (Lipinski definition) is 3. The Kier molecular flexibility index (Phi) is 5.62. The van der Waals surface area contributed by atoms with Gasteiger partial charge in [-0.05, 0) is 57.4 Å². The Morgan fingerprint density at radius 2 is 2.10 bits per heavy atom. The number of carbonyl (C=O) groups excluding carboxylic acids is 1. The third-order valence-electron chi connectivity index (χ3n) is 2.57. The van der Waals surface area contributed by atoms with Crippen molar-refractivity contribution >= 4 is 17.9 Å². The van der Waals surface area contributed by atoms with Crippen molar-refractivity contribution in [1.82, 2.24) is 5.32 Å². The smallest absolute Gasteiger partial charge is 0.407 e. The van der Waals surface area contributed by atoms with Crippen LogP contribution in [0.5, 0.6) is 0 Å². The van der Waals surface area contributed by atoms with Crippen LogP contribution in [-0.4, -0.2) is 18.2 Å². The van der Waals surface area contributed by atoms with Gasteiger partial charge in [-0.2, -0.15) is 0 Å². The lowest BCUT2D eigenvalue weighted by Crippen LogP contribution is -2.32. The molecule has 4 nitrogen and oxygen atoms in total. The highest BCUT2D eigenvalue weighted by molar-refractivity contribution is 5.67. The lowest BCUT2D eigenvalue weighted by atomic mass is 10.1. The number of nitrogens with two attached hydrogens (primary N) is 1. The Morgan fingerprint density at radius 1 is 1.40 bits per heavy atom.